The fraction of sp³-hybridized carbons (Fsp3) is 0.333. The molecule has 1 rings (SSSR count). The number of hydrogen-bond donors (Lipinski definition) is 0. The molecule has 84 valence electrons. The quantitative estimate of drug-likeness (QED) is 0.734. The minimum Gasteiger partial charge on any atom is -0.466 e. The molecule has 0 amide bonds. The van der Waals surface area contributed by atoms with Crippen LogP contribution in [0.3, 0.4) is 0 Å². The van der Waals surface area contributed by atoms with Crippen LogP contribution in [0.1, 0.15) is 23.6 Å². The van der Waals surface area contributed by atoms with Crippen LogP contribution in [0.25, 0.3) is 0 Å². The number of nitriles is 1. The van der Waals surface area contributed by atoms with Crippen molar-refractivity contribution in [3.63, 3.8) is 0 Å². The first-order chi connectivity index (χ1) is 7.58. The Morgan fingerprint density at radius 2 is 2.25 bits per heavy atom. The van der Waals surface area contributed by atoms with Gasteiger partial charge in [0.25, 0.3) is 0 Å². The van der Waals surface area contributed by atoms with Gasteiger partial charge in [-0.3, -0.25) is 4.79 Å². The van der Waals surface area contributed by atoms with E-state index in [1.165, 1.54) is 6.07 Å². The molecule has 0 aliphatic rings. The number of ether oxygens (including phenoxy) is 1. The number of halogens is 1. The van der Waals surface area contributed by atoms with E-state index >= 15 is 0 Å². The second-order valence-corrected chi connectivity index (χ2v) is 3.37. The van der Waals surface area contributed by atoms with Gasteiger partial charge in [-0.1, -0.05) is 6.07 Å². The number of benzene rings is 1. The summed E-state index contributed by atoms with van der Waals surface area (Å²) in [7, 11) is 0. The molecule has 0 saturated heterocycles. The van der Waals surface area contributed by atoms with Crippen molar-refractivity contribution in [3.05, 3.63) is 34.6 Å². The zero-order chi connectivity index (χ0) is 12.1. The lowest BCUT2D eigenvalue weighted by atomic mass is 10.0. The fourth-order valence-electron chi connectivity index (χ4n) is 1.41. The molecule has 0 heterocycles. The summed E-state index contributed by atoms with van der Waals surface area (Å²) < 4.78 is 18.1. The zero-order valence-corrected chi connectivity index (χ0v) is 9.21. The summed E-state index contributed by atoms with van der Waals surface area (Å²) in [5.41, 5.74) is 0.909. The Morgan fingerprint density at radius 1 is 1.56 bits per heavy atom. The predicted molar refractivity (Wildman–Crippen MR) is 56.2 cm³/mol. The van der Waals surface area contributed by atoms with Crippen molar-refractivity contribution in [3.8, 4) is 6.07 Å². The van der Waals surface area contributed by atoms with Gasteiger partial charge in [0.1, 0.15) is 11.9 Å². The van der Waals surface area contributed by atoms with E-state index in [2.05, 4.69) is 0 Å². The first-order valence-corrected chi connectivity index (χ1v) is 4.93. The van der Waals surface area contributed by atoms with Crippen molar-refractivity contribution >= 4 is 5.97 Å². The molecule has 0 aliphatic carbocycles. The summed E-state index contributed by atoms with van der Waals surface area (Å²) in [6.45, 7) is 3.59. The Bertz CT molecular complexity index is 449. The van der Waals surface area contributed by atoms with Crippen LogP contribution in [0.2, 0.25) is 0 Å². The van der Waals surface area contributed by atoms with Gasteiger partial charge in [0, 0.05) is 0 Å². The molecule has 0 aliphatic heterocycles. The molecule has 0 saturated carbocycles. The number of esters is 1. The lowest BCUT2D eigenvalue weighted by Gasteiger charge is -2.05. The standard InChI is InChI=1S/C12H12FNO2/c1-3-16-11(15)6-9-4-8(2)12(13)10(5-9)7-14/h4-5H,3,6H2,1-2H3. The fourth-order valence-corrected chi connectivity index (χ4v) is 1.41. The van der Waals surface area contributed by atoms with Crippen molar-refractivity contribution in [2.75, 3.05) is 6.61 Å². The van der Waals surface area contributed by atoms with E-state index in [0.717, 1.165) is 0 Å². The van der Waals surface area contributed by atoms with Gasteiger partial charge in [0.2, 0.25) is 0 Å². The van der Waals surface area contributed by atoms with Gasteiger partial charge >= 0.3 is 5.97 Å². The Labute approximate surface area is 93.5 Å². The van der Waals surface area contributed by atoms with Crippen LogP contribution in [0, 0.1) is 24.1 Å². The maximum absolute atomic E-state index is 13.3. The number of rotatable bonds is 3. The highest BCUT2D eigenvalue weighted by atomic mass is 19.1. The third-order valence-corrected chi connectivity index (χ3v) is 2.09. The van der Waals surface area contributed by atoms with E-state index in [4.69, 9.17) is 10.00 Å². The highest BCUT2D eigenvalue weighted by molar-refractivity contribution is 5.72. The molecule has 16 heavy (non-hydrogen) atoms. The highest BCUT2D eigenvalue weighted by Crippen LogP contribution is 2.15. The molecule has 0 N–H and O–H groups in total. The molecule has 0 radical (unpaired) electrons. The van der Waals surface area contributed by atoms with Gasteiger partial charge < -0.3 is 4.74 Å². The van der Waals surface area contributed by atoms with E-state index in [9.17, 15) is 9.18 Å². The van der Waals surface area contributed by atoms with E-state index < -0.39 is 5.82 Å². The molecule has 1 aromatic rings. The number of carbonyl (C=O) groups excluding carboxylic acids is 1. The van der Waals surface area contributed by atoms with Gasteiger partial charge in [-0.15, -0.1) is 0 Å². The first-order valence-electron chi connectivity index (χ1n) is 4.93. The van der Waals surface area contributed by atoms with E-state index in [1.54, 1.807) is 26.0 Å². The molecule has 3 nitrogen and oxygen atoms in total. The lowest BCUT2D eigenvalue weighted by Crippen LogP contribution is -2.08. The largest absolute Gasteiger partial charge is 0.466 e. The summed E-state index contributed by atoms with van der Waals surface area (Å²) >= 11 is 0. The van der Waals surface area contributed by atoms with Crippen LogP contribution in [0.5, 0.6) is 0 Å². The van der Waals surface area contributed by atoms with Crippen LogP contribution >= 0.6 is 0 Å². The maximum Gasteiger partial charge on any atom is 0.310 e. The van der Waals surface area contributed by atoms with Crippen molar-refractivity contribution in [2.24, 2.45) is 0 Å². The first kappa shape index (κ1) is 12.2. The van der Waals surface area contributed by atoms with Gasteiger partial charge in [0.15, 0.2) is 0 Å². The molecule has 0 atom stereocenters. The van der Waals surface area contributed by atoms with Gasteiger partial charge in [-0.2, -0.15) is 5.26 Å². The maximum atomic E-state index is 13.3. The van der Waals surface area contributed by atoms with E-state index in [-0.39, 0.29) is 18.0 Å². The van der Waals surface area contributed by atoms with Crippen molar-refractivity contribution < 1.29 is 13.9 Å². The van der Waals surface area contributed by atoms with Gasteiger partial charge in [-0.05, 0) is 31.0 Å². The molecular formula is C12H12FNO2. The third-order valence-electron chi connectivity index (χ3n) is 2.09. The van der Waals surface area contributed by atoms with Crippen LogP contribution in [-0.4, -0.2) is 12.6 Å². The second kappa shape index (κ2) is 5.26. The van der Waals surface area contributed by atoms with Crippen molar-refractivity contribution in [2.45, 2.75) is 20.3 Å². The summed E-state index contributed by atoms with van der Waals surface area (Å²) in [4.78, 5) is 11.2. The third kappa shape index (κ3) is 2.80. The zero-order valence-electron chi connectivity index (χ0n) is 9.21. The molecule has 0 spiro atoms. The Balaban J connectivity index is 2.95. The molecule has 0 fully saturated rings. The molecule has 0 unspecified atom stereocenters. The minimum absolute atomic E-state index is 0.0423. The number of carbonyl (C=O) groups is 1. The van der Waals surface area contributed by atoms with E-state index in [0.29, 0.717) is 17.7 Å². The SMILES string of the molecule is CCOC(=O)Cc1cc(C)c(F)c(C#N)c1. The normalized spacial score (nSPS) is 9.62. The summed E-state index contributed by atoms with van der Waals surface area (Å²) in [6, 6.07) is 4.68. The highest BCUT2D eigenvalue weighted by Gasteiger charge is 2.10. The predicted octanol–water partition coefficient (Wildman–Crippen LogP) is 2.11. The smallest absolute Gasteiger partial charge is 0.310 e. The number of hydrogen-bond acceptors (Lipinski definition) is 3. The van der Waals surface area contributed by atoms with Gasteiger partial charge in [0.05, 0.1) is 18.6 Å². The average Bonchev–Trinajstić information content (AvgIpc) is 2.23. The van der Waals surface area contributed by atoms with Crippen LogP contribution in [0.15, 0.2) is 12.1 Å². The summed E-state index contributed by atoms with van der Waals surface area (Å²) in [5.74, 6) is -0.910. The van der Waals surface area contributed by atoms with Crippen LogP contribution in [-0.2, 0) is 16.0 Å². The van der Waals surface area contributed by atoms with E-state index in [1.807, 2.05) is 0 Å². The Hall–Kier alpha value is -1.89. The van der Waals surface area contributed by atoms with Crippen LogP contribution < -0.4 is 0 Å². The number of aryl methyl sites for hydroxylation is 1. The molecule has 4 heteroatoms. The Morgan fingerprint density at radius 3 is 2.81 bits per heavy atom. The van der Waals surface area contributed by atoms with Gasteiger partial charge in [-0.25, -0.2) is 4.39 Å². The summed E-state index contributed by atoms with van der Waals surface area (Å²) in [5, 5.41) is 8.70. The second-order valence-electron chi connectivity index (χ2n) is 3.37. The summed E-state index contributed by atoms with van der Waals surface area (Å²) in [6.07, 6.45) is 0.0592. The molecule has 0 bridgehead atoms. The molecule has 1 aromatic carbocycles. The molecular weight excluding hydrogens is 209 g/mol. The monoisotopic (exact) mass is 221 g/mol. The van der Waals surface area contributed by atoms with Crippen LogP contribution in [0.4, 0.5) is 4.39 Å². The lowest BCUT2D eigenvalue weighted by molar-refractivity contribution is -0.142. The average molecular weight is 221 g/mol. The topological polar surface area (TPSA) is 50.1 Å². The Kier molecular flexibility index (Phi) is 4.01. The number of nitrogens with zero attached hydrogens (tertiary/aromatic N) is 1. The minimum atomic E-state index is -0.532. The van der Waals surface area contributed by atoms with Crippen molar-refractivity contribution in [1.29, 1.82) is 5.26 Å². The van der Waals surface area contributed by atoms with Crippen molar-refractivity contribution in [1.82, 2.24) is 0 Å². The molecule has 0 aromatic heterocycles.